The van der Waals surface area contributed by atoms with E-state index in [1.165, 1.54) is 32.9 Å². The number of hydrogen-bond donors (Lipinski definition) is 3. The Hall–Kier alpha value is -3.47. The van der Waals surface area contributed by atoms with Crippen LogP contribution >= 0.6 is 0 Å². The van der Waals surface area contributed by atoms with E-state index in [1.54, 1.807) is 69.6 Å². The van der Waals surface area contributed by atoms with Crippen molar-refractivity contribution in [1.29, 1.82) is 0 Å². The van der Waals surface area contributed by atoms with Crippen molar-refractivity contribution in [1.82, 2.24) is 9.80 Å². The molecule has 4 heterocycles. The van der Waals surface area contributed by atoms with Gasteiger partial charge >= 0.3 is 11.9 Å². The fourth-order valence-electron chi connectivity index (χ4n) is 13.1. The standard InChI is InChI=1S/C34H59NO9.C31H53NO8.CH4/c1-15-26(36)33(10,39)17-19(2)27(37)20(3)18-34(11,40-14)29(23(6)28-24(7)30(38)44-32(8,9)43-28)42-31-22(5)25(35(12)13)16-21(4)41-31;1-13-24-30(8,36)15-17(2)25(33)18(3)16-31(9,37-12)27(21(6)26(34)22(7)28(35)39-24)40-29-20(5)23(32(10)11)14-19(4)38-29;/h17,20-23,25-26,29,31,36,39H,15-16,18H2,1-14H3;15,18-24,27,29,36H,13-14,16H2,1-12H3;1H4/b19-17+;17-15+;/t20-,21?,22?,23+,25?,26-,29-,31+,33+,34-;18-,19?,20?,21+,22-,23?,24-,27-,29+,30+,31-;/m11./s1. The number of hydrogen-bond acceptors (Lipinski definition) is 19. The number of nitrogens with zero attached hydrogens (tertiary/aromatic N) is 2. The van der Waals surface area contributed by atoms with Crippen LogP contribution in [0.4, 0.5) is 0 Å². The fraction of sp³-hybridized carbons (Fsp3) is 0.833. The van der Waals surface area contributed by atoms with Gasteiger partial charge in [0.1, 0.15) is 29.0 Å². The van der Waals surface area contributed by atoms with Gasteiger partial charge in [0.25, 0.3) is 0 Å². The highest BCUT2D eigenvalue weighted by Gasteiger charge is 2.52. The smallest absolute Gasteiger partial charge is 0.340 e. The minimum Gasteiger partial charge on any atom is -0.458 e. The summed E-state index contributed by atoms with van der Waals surface area (Å²) in [6.45, 7) is 35.6. The first kappa shape index (κ1) is 77.6. The SMILES string of the molecule is C.CC[C@@H](O)[C@@](C)(O)/C=C(\C)C(=O)[C@H](C)C[C@@](C)(OC)[C@H](O[C@@H]1OC(C)CC(N(C)C)C1C)[C@@H](C)C1=C(C)C(=O)OC(C)(C)O1.CC[C@H]1OC(=O)[C@H](C)C(=O)[C@H](C)[C@@H](O[C@@H]2OC(C)CC(N(C)C)C2C)[C@](C)(OC)C[C@@H](C)C(=O)/C(C)=C/[C@]1(C)O. The number of cyclic esters (lactones) is 2. The number of allylic oxidation sites excluding steroid dienone is 2. The van der Waals surface area contributed by atoms with E-state index in [4.69, 9.17) is 42.6 Å². The summed E-state index contributed by atoms with van der Waals surface area (Å²) in [5.74, 6) is -6.05. The Labute approximate surface area is 511 Å². The first-order valence-corrected chi connectivity index (χ1v) is 30.5. The van der Waals surface area contributed by atoms with Gasteiger partial charge < -0.3 is 67.8 Å². The molecule has 2 saturated heterocycles. The number of ether oxygens (including phenoxy) is 9. The summed E-state index contributed by atoms with van der Waals surface area (Å²) in [5.41, 5.74) is -4.19. The van der Waals surface area contributed by atoms with E-state index >= 15 is 0 Å². The van der Waals surface area contributed by atoms with E-state index in [0.29, 0.717) is 35.3 Å². The summed E-state index contributed by atoms with van der Waals surface area (Å²) in [7, 11) is 11.3. The zero-order valence-electron chi connectivity index (χ0n) is 56.2. The van der Waals surface area contributed by atoms with Crippen LogP contribution in [0.2, 0.25) is 0 Å². The molecule has 0 radical (unpaired) electrons. The van der Waals surface area contributed by atoms with Gasteiger partial charge in [-0.2, -0.15) is 0 Å². The summed E-state index contributed by atoms with van der Waals surface area (Å²) < 4.78 is 55.9. The average Bonchev–Trinajstić information content (AvgIpc) is 1.83. The van der Waals surface area contributed by atoms with Crippen LogP contribution in [0.3, 0.4) is 0 Å². The molecule has 0 aliphatic carbocycles. The lowest BCUT2D eigenvalue weighted by Gasteiger charge is -2.48. The van der Waals surface area contributed by atoms with Crippen LogP contribution in [-0.4, -0.2) is 186 Å². The monoisotopic (exact) mass is 1210 g/mol. The number of rotatable bonds is 19. The van der Waals surface area contributed by atoms with Crippen LogP contribution in [0.15, 0.2) is 34.6 Å². The van der Waals surface area contributed by atoms with Crippen molar-refractivity contribution >= 4 is 29.3 Å². The number of esters is 2. The summed E-state index contributed by atoms with van der Waals surface area (Å²) in [6.07, 6.45) is 0.958. The second kappa shape index (κ2) is 31.3. The van der Waals surface area contributed by atoms with Crippen LogP contribution < -0.4 is 0 Å². The second-order valence-electron chi connectivity index (χ2n) is 26.9. The van der Waals surface area contributed by atoms with Crippen LogP contribution in [-0.2, 0) is 66.6 Å². The highest BCUT2D eigenvalue weighted by molar-refractivity contribution is 6.00. The number of aliphatic hydroxyl groups excluding tert-OH is 1. The Morgan fingerprint density at radius 3 is 1.86 bits per heavy atom. The van der Waals surface area contributed by atoms with Gasteiger partial charge in [0.05, 0.1) is 47.3 Å². The Morgan fingerprint density at radius 1 is 0.859 bits per heavy atom. The number of carbonyl (C=O) groups excluding carboxylic acids is 5. The maximum absolute atomic E-state index is 13.8. The molecule has 0 bridgehead atoms. The largest absolute Gasteiger partial charge is 0.458 e. The first-order valence-electron chi connectivity index (χ1n) is 30.5. The molecule has 0 aromatic heterocycles. The lowest BCUT2D eigenvalue weighted by Crippen LogP contribution is -2.57. The molecule has 6 unspecified atom stereocenters. The first-order chi connectivity index (χ1) is 38.5. The van der Waals surface area contributed by atoms with Crippen molar-refractivity contribution in [2.45, 2.75) is 274 Å². The topological polar surface area (TPSA) is 236 Å². The molecule has 4 rings (SSSR count). The minimum atomic E-state index is -1.59. The van der Waals surface area contributed by atoms with Crippen LogP contribution in [0.1, 0.15) is 184 Å². The lowest BCUT2D eigenvalue weighted by atomic mass is 9.76. The second-order valence-corrected chi connectivity index (χ2v) is 26.9. The normalized spacial score (nSPS) is 36.3. The highest BCUT2D eigenvalue weighted by atomic mass is 16.7. The average molecular weight is 1210 g/mol. The van der Waals surface area contributed by atoms with E-state index in [-0.39, 0.29) is 73.7 Å². The van der Waals surface area contributed by atoms with Crippen molar-refractivity contribution in [3.05, 3.63) is 34.6 Å². The molecule has 21 atom stereocenters. The molecule has 85 heavy (non-hydrogen) atoms. The van der Waals surface area contributed by atoms with Gasteiger partial charge in [0.15, 0.2) is 29.9 Å². The number of aliphatic hydroxyl groups is 3. The van der Waals surface area contributed by atoms with Gasteiger partial charge in [0.2, 0.25) is 5.79 Å². The van der Waals surface area contributed by atoms with Crippen LogP contribution in [0, 0.1) is 41.4 Å². The maximum Gasteiger partial charge on any atom is 0.340 e. The van der Waals surface area contributed by atoms with E-state index in [0.717, 1.165) is 12.8 Å². The fourth-order valence-corrected chi connectivity index (χ4v) is 13.1. The Bertz CT molecular complexity index is 2340. The summed E-state index contributed by atoms with van der Waals surface area (Å²) in [5, 5.41) is 32.2. The van der Waals surface area contributed by atoms with Crippen molar-refractivity contribution in [3.63, 3.8) is 0 Å². The molecule has 0 aromatic carbocycles. The van der Waals surface area contributed by atoms with Crippen molar-refractivity contribution < 1.29 is 81.9 Å². The van der Waals surface area contributed by atoms with Gasteiger partial charge in [-0.3, -0.25) is 19.2 Å². The highest BCUT2D eigenvalue weighted by Crippen LogP contribution is 2.43. The molecule has 3 N–H and O–H groups in total. The molecule has 0 aromatic rings. The number of methoxy groups -OCH3 is 2. The lowest BCUT2D eigenvalue weighted by molar-refractivity contribution is -0.284. The molecule has 0 spiro atoms. The number of carbonyl (C=O) groups is 5. The number of Topliss-reactive ketones (excluding diaryl/α,β-unsaturated/α-hetero) is 3. The van der Waals surface area contributed by atoms with Crippen molar-refractivity contribution in [2.75, 3.05) is 42.4 Å². The summed E-state index contributed by atoms with van der Waals surface area (Å²) in [6, 6.07) is 0.418. The van der Waals surface area contributed by atoms with E-state index in [1.807, 2.05) is 76.7 Å². The van der Waals surface area contributed by atoms with Crippen LogP contribution in [0.25, 0.3) is 0 Å². The predicted octanol–water partition coefficient (Wildman–Crippen LogP) is 9.34. The molecule has 0 saturated carbocycles. The van der Waals surface area contributed by atoms with Crippen molar-refractivity contribution in [3.8, 4) is 0 Å². The maximum atomic E-state index is 13.8. The van der Waals surface area contributed by atoms with E-state index in [9.17, 15) is 39.3 Å². The zero-order valence-corrected chi connectivity index (χ0v) is 56.2. The molecule has 4 aliphatic heterocycles. The summed E-state index contributed by atoms with van der Waals surface area (Å²) in [4.78, 5) is 71.3. The molecule has 2 fully saturated rings. The van der Waals surface area contributed by atoms with Gasteiger partial charge in [-0.15, -0.1) is 0 Å². The zero-order chi connectivity index (χ0) is 64.7. The minimum absolute atomic E-state index is 0. The van der Waals surface area contributed by atoms with Crippen molar-refractivity contribution in [2.24, 2.45) is 41.4 Å². The molecule has 19 nitrogen and oxygen atoms in total. The van der Waals surface area contributed by atoms with Gasteiger partial charge in [0, 0.05) is 75.7 Å². The predicted molar refractivity (Wildman–Crippen MR) is 328 cm³/mol. The molecule has 0 amide bonds. The third-order valence-corrected chi connectivity index (χ3v) is 18.4. The third-order valence-electron chi connectivity index (χ3n) is 18.4. The van der Waals surface area contributed by atoms with Gasteiger partial charge in [-0.05, 0) is 159 Å². The van der Waals surface area contributed by atoms with Gasteiger partial charge in [-0.1, -0.05) is 62.8 Å². The van der Waals surface area contributed by atoms with Crippen LogP contribution in [0.5, 0.6) is 0 Å². The van der Waals surface area contributed by atoms with E-state index in [2.05, 4.69) is 23.6 Å². The Balaban J connectivity index is 0.000000576. The molecule has 492 valence electrons. The quantitative estimate of drug-likeness (QED) is 0.0620. The molecule has 19 heteroatoms. The third kappa shape index (κ3) is 19.3. The Kier molecular flexibility index (Phi) is 28.6. The summed E-state index contributed by atoms with van der Waals surface area (Å²) >= 11 is 0. The van der Waals surface area contributed by atoms with E-state index < -0.39 is 107 Å². The number of ketones is 3. The molecule has 4 aliphatic rings. The molecular weight excluding hydrogens is 1090 g/mol. The van der Waals surface area contributed by atoms with Gasteiger partial charge in [-0.25, -0.2) is 4.79 Å². The molecular formula is C66H116N2O17. The Morgan fingerprint density at radius 2 is 1.38 bits per heavy atom.